The highest BCUT2D eigenvalue weighted by atomic mass is 32.2. The van der Waals surface area contributed by atoms with Crippen LogP contribution < -0.4 is 4.74 Å². The third kappa shape index (κ3) is 3.82. The third-order valence-electron chi connectivity index (χ3n) is 3.43. The van der Waals surface area contributed by atoms with Gasteiger partial charge in [-0.15, -0.1) is 16.4 Å². The molecule has 0 aliphatic carbocycles. The molecule has 1 aromatic carbocycles. The topological polar surface area (TPSA) is 69.9 Å². The van der Waals surface area contributed by atoms with E-state index in [1.165, 1.54) is 16.6 Å². The fourth-order valence-corrected chi connectivity index (χ4v) is 3.74. The molecule has 0 spiro atoms. The largest absolute Gasteiger partial charge is 0.496 e. The van der Waals surface area contributed by atoms with Gasteiger partial charge in [-0.25, -0.2) is 4.68 Å². The van der Waals surface area contributed by atoms with Gasteiger partial charge in [-0.1, -0.05) is 17.8 Å². The number of nitrogens with zero attached hydrogens (tertiary/aromatic N) is 4. The number of aromatic nitrogens is 4. The molecule has 2 aromatic heterocycles. The van der Waals surface area contributed by atoms with Crippen molar-refractivity contribution >= 4 is 28.9 Å². The van der Waals surface area contributed by atoms with Crippen LogP contribution in [0.2, 0.25) is 0 Å². The van der Waals surface area contributed by atoms with Crippen LogP contribution in [-0.2, 0) is 12.3 Å². The Morgan fingerprint density at radius 1 is 1.38 bits per heavy atom. The summed E-state index contributed by atoms with van der Waals surface area (Å²) >= 11 is 3.19. The minimum atomic E-state index is 0.0337. The van der Waals surface area contributed by atoms with E-state index in [9.17, 15) is 4.79 Å². The van der Waals surface area contributed by atoms with Gasteiger partial charge in [0.05, 0.1) is 13.7 Å². The number of thioether (sulfide) groups is 1. The molecule has 3 rings (SSSR count). The summed E-state index contributed by atoms with van der Waals surface area (Å²) in [5.41, 5.74) is 1.62. The number of hydrogen-bond acceptors (Lipinski definition) is 7. The molecule has 8 heteroatoms. The highest BCUT2D eigenvalue weighted by Gasteiger charge is 2.12. The van der Waals surface area contributed by atoms with Crippen LogP contribution in [0.25, 0.3) is 0 Å². The summed E-state index contributed by atoms with van der Waals surface area (Å²) in [6.07, 6.45) is 0. The molecule has 3 aromatic rings. The van der Waals surface area contributed by atoms with Gasteiger partial charge in [-0.05, 0) is 47.0 Å². The van der Waals surface area contributed by atoms with Crippen LogP contribution in [0.5, 0.6) is 5.75 Å². The number of carbonyl (C=O) groups is 1. The zero-order chi connectivity index (χ0) is 16.9. The van der Waals surface area contributed by atoms with Crippen molar-refractivity contribution in [1.29, 1.82) is 0 Å². The molecule has 6 nitrogen and oxygen atoms in total. The Bertz CT molecular complexity index is 830. The van der Waals surface area contributed by atoms with Crippen molar-refractivity contribution in [3.8, 4) is 5.75 Å². The maximum absolute atomic E-state index is 11.6. The number of hydrogen-bond donors (Lipinski definition) is 0. The lowest BCUT2D eigenvalue weighted by atomic mass is 10.1. The highest BCUT2D eigenvalue weighted by Crippen LogP contribution is 2.28. The van der Waals surface area contributed by atoms with Crippen molar-refractivity contribution in [1.82, 2.24) is 20.2 Å². The van der Waals surface area contributed by atoms with Gasteiger partial charge in [0.25, 0.3) is 0 Å². The minimum absolute atomic E-state index is 0.0337. The maximum Gasteiger partial charge on any atom is 0.209 e. The summed E-state index contributed by atoms with van der Waals surface area (Å²) in [6.45, 7) is 2.21. The van der Waals surface area contributed by atoms with E-state index in [4.69, 9.17) is 4.74 Å². The fourth-order valence-electron chi connectivity index (χ4n) is 2.20. The molecular weight excluding hydrogens is 344 g/mol. The van der Waals surface area contributed by atoms with Crippen LogP contribution in [-0.4, -0.2) is 33.1 Å². The zero-order valence-electron chi connectivity index (χ0n) is 13.3. The monoisotopic (exact) mass is 360 g/mol. The molecule has 24 heavy (non-hydrogen) atoms. The average Bonchev–Trinajstić information content (AvgIpc) is 3.25. The smallest absolute Gasteiger partial charge is 0.209 e. The number of tetrazole rings is 1. The fraction of sp³-hybridized carbons (Fsp3) is 0.250. The lowest BCUT2D eigenvalue weighted by Crippen LogP contribution is -2.03. The number of thiophene rings is 1. The van der Waals surface area contributed by atoms with E-state index in [0.717, 1.165) is 16.5 Å². The van der Waals surface area contributed by atoms with E-state index in [-0.39, 0.29) is 5.78 Å². The molecule has 124 valence electrons. The first-order valence-electron chi connectivity index (χ1n) is 7.26. The molecule has 0 aliphatic rings. The number of methoxy groups -OCH3 is 1. The van der Waals surface area contributed by atoms with Gasteiger partial charge in [-0.3, -0.25) is 4.79 Å². The van der Waals surface area contributed by atoms with Gasteiger partial charge in [0.2, 0.25) is 5.16 Å². The van der Waals surface area contributed by atoms with E-state index in [1.54, 1.807) is 36.1 Å². The summed E-state index contributed by atoms with van der Waals surface area (Å²) in [7, 11) is 1.62. The number of benzene rings is 1. The Morgan fingerprint density at radius 3 is 2.96 bits per heavy atom. The Balaban J connectivity index is 1.75. The summed E-state index contributed by atoms with van der Waals surface area (Å²) in [4.78, 5) is 12.8. The Hall–Kier alpha value is -2.19. The Labute approximate surface area is 147 Å². The Morgan fingerprint density at radius 2 is 2.25 bits per heavy atom. The predicted molar refractivity (Wildman–Crippen MR) is 93.8 cm³/mol. The second-order valence-electron chi connectivity index (χ2n) is 5.07. The van der Waals surface area contributed by atoms with E-state index < -0.39 is 0 Å². The van der Waals surface area contributed by atoms with E-state index in [0.29, 0.717) is 17.9 Å². The van der Waals surface area contributed by atoms with Crippen molar-refractivity contribution in [2.75, 3.05) is 7.11 Å². The molecule has 0 aliphatic heterocycles. The Kier molecular flexibility index (Phi) is 5.27. The van der Waals surface area contributed by atoms with E-state index in [1.807, 2.05) is 23.6 Å². The molecule has 0 N–H and O–H groups in total. The molecule has 0 fully saturated rings. The van der Waals surface area contributed by atoms with Gasteiger partial charge in [0.15, 0.2) is 5.78 Å². The van der Waals surface area contributed by atoms with Crippen LogP contribution in [0.4, 0.5) is 0 Å². The van der Waals surface area contributed by atoms with Crippen LogP contribution in [0.1, 0.15) is 27.7 Å². The molecule has 0 unspecified atom stereocenters. The van der Waals surface area contributed by atoms with Crippen molar-refractivity contribution in [3.63, 3.8) is 0 Å². The van der Waals surface area contributed by atoms with Gasteiger partial charge in [-0.2, -0.15) is 0 Å². The second kappa shape index (κ2) is 7.59. The number of rotatable bonds is 7. The first-order chi connectivity index (χ1) is 11.7. The van der Waals surface area contributed by atoms with Gasteiger partial charge in [0.1, 0.15) is 5.75 Å². The molecule has 2 heterocycles. The third-order valence-corrected chi connectivity index (χ3v) is 5.30. The predicted octanol–water partition coefficient (Wildman–Crippen LogP) is 3.29. The number of ketones is 1. The number of carbonyl (C=O) groups excluding carboxylic acids is 1. The van der Waals surface area contributed by atoms with Crippen molar-refractivity contribution in [2.45, 2.75) is 24.4 Å². The van der Waals surface area contributed by atoms with Crippen LogP contribution in [0, 0.1) is 0 Å². The first kappa shape index (κ1) is 16.7. The van der Waals surface area contributed by atoms with Gasteiger partial charge in [0, 0.05) is 21.8 Å². The normalized spacial score (nSPS) is 10.8. The van der Waals surface area contributed by atoms with Gasteiger partial charge < -0.3 is 4.74 Å². The van der Waals surface area contributed by atoms with Crippen LogP contribution >= 0.6 is 23.1 Å². The van der Waals surface area contributed by atoms with Crippen molar-refractivity contribution in [3.05, 3.63) is 51.7 Å². The maximum atomic E-state index is 11.6. The highest BCUT2D eigenvalue weighted by molar-refractivity contribution is 7.98. The van der Waals surface area contributed by atoms with E-state index in [2.05, 4.69) is 21.6 Å². The quantitative estimate of drug-likeness (QED) is 0.476. The lowest BCUT2D eigenvalue weighted by Gasteiger charge is -2.09. The summed E-state index contributed by atoms with van der Waals surface area (Å²) in [5, 5.41) is 14.7. The van der Waals surface area contributed by atoms with Crippen molar-refractivity contribution < 1.29 is 9.53 Å². The average molecular weight is 360 g/mol. The molecular formula is C16H16N4O2S2. The van der Waals surface area contributed by atoms with Crippen LogP contribution in [0.3, 0.4) is 0 Å². The summed E-state index contributed by atoms with van der Waals surface area (Å²) in [6, 6.07) is 9.52. The molecule has 0 amide bonds. The molecule has 0 atom stereocenters. The first-order valence-corrected chi connectivity index (χ1v) is 9.13. The number of Topliss-reactive ketones (excluding diaryl/α,β-unsaturated/α-hetero) is 1. The lowest BCUT2D eigenvalue weighted by molar-refractivity contribution is 0.101. The van der Waals surface area contributed by atoms with Gasteiger partial charge >= 0.3 is 0 Å². The van der Waals surface area contributed by atoms with Crippen LogP contribution in [0.15, 0.2) is 40.9 Å². The SMILES string of the molecule is COc1ccc(C(C)=O)cc1CSc1nnnn1Cc1cccs1. The summed E-state index contributed by atoms with van der Waals surface area (Å²) < 4.78 is 7.16. The summed E-state index contributed by atoms with van der Waals surface area (Å²) in [5.74, 6) is 1.41. The second-order valence-corrected chi connectivity index (χ2v) is 7.04. The molecule has 0 saturated carbocycles. The minimum Gasteiger partial charge on any atom is -0.496 e. The standard InChI is InChI=1S/C16H16N4O2S2/c1-11(21)12-5-6-15(22-2)13(8-12)10-24-16-17-18-19-20(16)9-14-4-3-7-23-14/h3-8H,9-10H2,1-2H3. The van der Waals surface area contributed by atoms with E-state index >= 15 is 0 Å². The molecule has 0 bridgehead atoms. The zero-order valence-corrected chi connectivity index (χ0v) is 14.9. The number of ether oxygens (including phenoxy) is 1. The molecule has 0 radical (unpaired) electrons. The molecule has 0 saturated heterocycles. The van der Waals surface area contributed by atoms with Crippen molar-refractivity contribution in [2.24, 2.45) is 0 Å².